The van der Waals surface area contributed by atoms with Crippen LogP contribution in [0.25, 0.3) is 0 Å². The van der Waals surface area contributed by atoms with Gasteiger partial charge in [0, 0.05) is 13.6 Å². The molecule has 0 fully saturated rings. The molecule has 0 aliphatic heterocycles. The lowest BCUT2D eigenvalue weighted by molar-refractivity contribution is -0.133. The zero-order valence-electron chi connectivity index (χ0n) is 15.4. The lowest BCUT2D eigenvalue weighted by Crippen LogP contribution is -2.34. The molecule has 0 heterocycles. The predicted molar refractivity (Wildman–Crippen MR) is 107 cm³/mol. The number of amides is 1. The summed E-state index contributed by atoms with van der Waals surface area (Å²) in [6.45, 7) is 0.503. The van der Waals surface area contributed by atoms with Crippen LogP contribution < -0.4 is 0 Å². The van der Waals surface area contributed by atoms with Gasteiger partial charge in [-0.2, -0.15) is 0 Å². The Kier molecular flexibility index (Phi) is 6.16. The smallest absolute Gasteiger partial charge is 0.231 e. The van der Waals surface area contributed by atoms with Crippen molar-refractivity contribution in [3.8, 4) is 0 Å². The fourth-order valence-corrected chi connectivity index (χ4v) is 3.36. The first-order chi connectivity index (χ1) is 13.2. The Bertz CT molecular complexity index is 863. The minimum Gasteiger partial charge on any atom is -0.341 e. The van der Waals surface area contributed by atoms with E-state index in [1.54, 1.807) is 11.9 Å². The lowest BCUT2D eigenvalue weighted by atomic mass is 9.81. The molecular formula is C24H23NO2. The van der Waals surface area contributed by atoms with E-state index in [9.17, 15) is 9.59 Å². The van der Waals surface area contributed by atoms with Crippen molar-refractivity contribution < 1.29 is 9.59 Å². The molecule has 0 aliphatic carbocycles. The van der Waals surface area contributed by atoms with E-state index in [0.717, 1.165) is 23.0 Å². The molecular weight excluding hydrogens is 334 g/mol. The van der Waals surface area contributed by atoms with Crippen molar-refractivity contribution in [1.82, 2.24) is 4.90 Å². The van der Waals surface area contributed by atoms with Gasteiger partial charge in [-0.1, -0.05) is 91.0 Å². The van der Waals surface area contributed by atoms with Gasteiger partial charge in [-0.25, -0.2) is 0 Å². The summed E-state index contributed by atoms with van der Waals surface area (Å²) in [5.41, 5.74) is 2.76. The summed E-state index contributed by atoms with van der Waals surface area (Å²) < 4.78 is 0. The quantitative estimate of drug-likeness (QED) is 0.587. The Labute approximate surface area is 160 Å². The van der Waals surface area contributed by atoms with Gasteiger partial charge in [-0.15, -0.1) is 0 Å². The molecule has 3 aromatic carbocycles. The second-order valence-electron chi connectivity index (χ2n) is 6.64. The summed E-state index contributed by atoms with van der Waals surface area (Å²) in [6.07, 6.45) is 0.890. The number of aldehydes is 1. The first kappa shape index (κ1) is 18.6. The maximum Gasteiger partial charge on any atom is 0.231 e. The zero-order chi connectivity index (χ0) is 19.1. The van der Waals surface area contributed by atoms with Crippen LogP contribution in [0.3, 0.4) is 0 Å². The molecule has 2 unspecified atom stereocenters. The molecule has 3 nitrogen and oxygen atoms in total. The molecule has 2 atom stereocenters. The average Bonchev–Trinajstić information content (AvgIpc) is 2.73. The van der Waals surface area contributed by atoms with Crippen LogP contribution in [0.15, 0.2) is 91.0 Å². The minimum atomic E-state index is -0.556. The molecule has 1 amide bonds. The highest BCUT2D eigenvalue weighted by Crippen LogP contribution is 2.33. The maximum absolute atomic E-state index is 13.4. The topological polar surface area (TPSA) is 37.4 Å². The van der Waals surface area contributed by atoms with E-state index in [0.29, 0.717) is 6.54 Å². The van der Waals surface area contributed by atoms with Crippen molar-refractivity contribution in [3.63, 3.8) is 0 Å². The largest absolute Gasteiger partial charge is 0.341 e. The lowest BCUT2D eigenvalue weighted by Gasteiger charge is -2.28. The Morgan fingerprint density at radius 3 is 1.81 bits per heavy atom. The molecule has 3 rings (SSSR count). The normalized spacial score (nSPS) is 12.8. The fraction of sp³-hybridized carbons (Fsp3) is 0.167. The summed E-state index contributed by atoms with van der Waals surface area (Å²) >= 11 is 0. The molecule has 3 heteroatoms. The SMILES string of the molecule is CN(Cc1ccccc1)C(=O)C(c1ccccc1)C(C=O)c1ccccc1. The van der Waals surface area contributed by atoms with Crippen LogP contribution in [0, 0.1) is 0 Å². The highest BCUT2D eigenvalue weighted by Gasteiger charge is 2.32. The third kappa shape index (κ3) is 4.50. The Morgan fingerprint density at radius 2 is 1.30 bits per heavy atom. The predicted octanol–water partition coefficient (Wildman–Crippen LogP) is 4.41. The van der Waals surface area contributed by atoms with Gasteiger partial charge < -0.3 is 9.69 Å². The average molecular weight is 357 g/mol. The summed E-state index contributed by atoms with van der Waals surface area (Å²) in [5, 5.41) is 0. The Balaban J connectivity index is 1.94. The Hall–Kier alpha value is -3.20. The third-order valence-electron chi connectivity index (χ3n) is 4.75. The van der Waals surface area contributed by atoms with Gasteiger partial charge in [0.1, 0.15) is 6.29 Å². The number of carbonyl (C=O) groups excluding carboxylic acids is 2. The first-order valence-electron chi connectivity index (χ1n) is 9.05. The van der Waals surface area contributed by atoms with Gasteiger partial charge in [0.2, 0.25) is 5.91 Å². The van der Waals surface area contributed by atoms with Crippen molar-refractivity contribution in [2.75, 3.05) is 7.05 Å². The van der Waals surface area contributed by atoms with Crippen LogP contribution in [0.4, 0.5) is 0 Å². The summed E-state index contributed by atoms with van der Waals surface area (Å²) in [6, 6.07) is 28.9. The molecule has 27 heavy (non-hydrogen) atoms. The van der Waals surface area contributed by atoms with Gasteiger partial charge in [0.05, 0.1) is 11.8 Å². The van der Waals surface area contributed by atoms with Crippen LogP contribution in [0.5, 0.6) is 0 Å². The monoisotopic (exact) mass is 357 g/mol. The zero-order valence-corrected chi connectivity index (χ0v) is 15.4. The second kappa shape index (κ2) is 8.95. The van der Waals surface area contributed by atoms with Crippen molar-refractivity contribution in [2.24, 2.45) is 0 Å². The van der Waals surface area contributed by atoms with Gasteiger partial charge in [-0.3, -0.25) is 4.79 Å². The standard InChI is InChI=1S/C24H23NO2/c1-25(17-19-11-5-2-6-12-19)24(27)23(21-15-9-4-10-16-21)22(18-26)20-13-7-3-8-14-20/h2-16,18,22-23H,17H2,1H3. The van der Waals surface area contributed by atoms with Gasteiger partial charge in [0.25, 0.3) is 0 Å². The summed E-state index contributed by atoms with van der Waals surface area (Å²) in [4.78, 5) is 27.1. The summed E-state index contributed by atoms with van der Waals surface area (Å²) in [7, 11) is 1.79. The summed E-state index contributed by atoms with van der Waals surface area (Å²) in [5.74, 6) is -1.15. The number of rotatable bonds is 7. The van der Waals surface area contributed by atoms with E-state index < -0.39 is 11.8 Å². The van der Waals surface area contributed by atoms with Crippen molar-refractivity contribution in [2.45, 2.75) is 18.4 Å². The highest BCUT2D eigenvalue weighted by molar-refractivity contribution is 5.89. The number of carbonyl (C=O) groups is 2. The van der Waals surface area contributed by atoms with Crippen molar-refractivity contribution >= 4 is 12.2 Å². The number of likely N-dealkylation sites (N-methyl/N-ethyl adjacent to an activating group) is 1. The van der Waals surface area contributed by atoms with Crippen LogP contribution in [0.1, 0.15) is 28.5 Å². The molecule has 0 aliphatic rings. The minimum absolute atomic E-state index is 0.0639. The molecule has 0 radical (unpaired) electrons. The molecule has 136 valence electrons. The fourth-order valence-electron chi connectivity index (χ4n) is 3.36. The van der Waals surface area contributed by atoms with E-state index in [1.807, 2.05) is 91.0 Å². The van der Waals surface area contributed by atoms with E-state index in [1.165, 1.54) is 0 Å². The number of nitrogens with zero attached hydrogens (tertiary/aromatic N) is 1. The van der Waals surface area contributed by atoms with E-state index in [-0.39, 0.29) is 5.91 Å². The number of hydrogen-bond acceptors (Lipinski definition) is 2. The second-order valence-corrected chi connectivity index (χ2v) is 6.64. The molecule has 0 N–H and O–H groups in total. The maximum atomic E-state index is 13.4. The van der Waals surface area contributed by atoms with Crippen LogP contribution in [0.2, 0.25) is 0 Å². The van der Waals surface area contributed by atoms with Gasteiger partial charge >= 0.3 is 0 Å². The van der Waals surface area contributed by atoms with Gasteiger partial charge in [-0.05, 0) is 16.7 Å². The molecule has 0 bridgehead atoms. The molecule has 3 aromatic rings. The van der Waals surface area contributed by atoms with E-state index in [4.69, 9.17) is 0 Å². The van der Waals surface area contributed by atoms with Crippen LogP contribution in [-0.2, 0) is 16.1 Å². The van der Waals surface area contributed by atoms with E-state index >= 15 is 0 Å². The van der Waals surface area contributed by atoms with Gasteiger partial charge in [0.15, 0.2) is 0 Å². The Morgan fingerprint density at radius 1 is 0.815 bits per heavy atom. The highest BCUT2D eigenvalue weighted by atomic mass is 16.2. The van der Waals surface area contributed by atoms with Crippen molar-refractivity contribution in [1.29, 1.82) is 0 Å². The first-order valence-corrected chi connectivity index (χ1v) is 9.05. The molecule has 0 aromatic heterocycles. The molecule has 0 spiro atoms. The molecule has 0 saturated carbocycles. The van der Waals surface area contributed by atoms with Crippen LogP contribution >= 0.6 is 0 Å². The van der Waals surface area contributed by atoms with Crippen molar-refractivity contribution in [3.05, 3.63) is 108 Å². The number of benzene rings is 3. The van der Waals surface area contributed by atoms with Crippen LogP contribution in [-0.4, -0.2) is 24.1 Å². The third-order valence-corrected chi connectivity index (χ3v) is 4.75. The molecule has 0 saturated heterocycles. The number of hydrogen-bond donors (Lipinski definition) is 0. The van der Waals surface area contributed by atoms with E-state index in [2.05, 4.69) is 0 Å².